The Balaban J connectivity index is 2.29. The Morgan fingerprint density at radius 2 is 2.18 bits per heavy atom. The number of likely N-dealkylation sites (N-methyl/N-ethyl adjacent to an activating group) is 1. The maximum absolute atomic E-state index is 9.96. The molecule has 0 spiro atoms. The van der Waals surface area contributed by atoms with Gasteiger partial charge in [0.1, 0.15) is 6.10 Å². The number of rotatable bonds is 4. The molecule has 0 amide bonds. The molecule has 0 bridgehead atoms. The fraction of sp³-hybridized carbons (Fsp3) is 0.417. The van der Waals surface area contributed by atoms with Crippen LogP contribution in [0.4, 0.5) is 0 Å². The van der Waals surface area contributed by atoms with Crippen LogP contribution in [-0.4, -0.2) is 40.1 Å². The third-order valence-corrected chi connectivity index (χ3v) is 2.89. The van der Waals surface area contributed by atoms with Gasteiger partial charge in [-0.05, 0) is 25.6 Å². The van der Waals surface area contributed by atoms with E-state index < -0.39 is 12.2 Å². The molecule has 0 saturated carbocycles. The number of nitrogens with zero attached hydrogens (tertiary/aromatic N) is 1. The third kappa shape index (κ3) is 2.31. The van der Waals surface area contributed by atoms with Crippen LogP contribution in [0.1, 0.15) is 17.4 Å². The number of hydrogen-bond acceptors (Lipinski definition) is 4. The quantitative estimate of drug-likeness (QED) is 0.621. The van der Waals surface area contributed by atoms with Gasteiger partial charge < -0.3 is 15.5 Å². The van der Waals surface area contributed by atoms with Crippen molar-refractivity contribution in [3.63, 3.8) is 0 Å². The molecule has 2 rings (SSSR count). The minimum atomic E-state index is -0.899. The van der Waals surface area contributed by atoms with Gasteiger partial charge in [-0.3, -0.25) is 5.10 Å². The number of H-pyrrole nitrogens is 1. The number of aromatic nitrogens is 2. The van der Waals surface area contributed by atoms with E-state index in [1.54, 1.807) is 13.1 Å². The average molecular weight is 235 g/mol. The van der Waals surface area contributed by atoms with Crippen molar-refractivity contribution in [2.45, 2.75) is 19.1 Å². The lowest BCUT2D eigenvalue weighted by atomic mass is 10.0. The van der Waals surface area contributed by atoms with Gasteiger partial charge in [-0.15, -0.1) is 0 Å². The van der Waals surface area contributed by atoms with Crippen molar-refractivity contribution >= 4 is 10.9 Å². The summed E-state index contributed by atoms with van der Waals surface area (Å²) in [6.07, 6.45) is -1.72. The molecule has 2 aromatic rings. The minimum Gasteiger partial charge on any atom is -0.389 e. The molecule has 0 aliphatic carbocycles. The molecule has 92 valence electrons. The number of benzene rings is 1. The van der Waals surface area contributed by atoms with E-state index in [0.717, 1.165) is 16.6 Å². The zero-order valence-corrected chi connectivity index (χ0v) is 9.94. The van der Waals surface area contributed by atoms with E-state index in [2.05, 4.69) is 15.5 Å². The second kappa shape index (κ2) is 4.83. The van der Waals surface area contributed by atoms with E-state index in [9.17, 15) is 10.2 Å². The Kier molecular flexibility index (Phi) is 3.42. The molecule has 0 aliphatic rings. The first-order valence-corrected chi connectivity index (χ1v) is 5.59. The largest absolute Gasteiger partial charge is 0.389 e. The van der Waals surface area contributed by atoms with Gasteiger partial charge in [0, 0.05) is 17.6 Å². The van der Waals surface area contributed by atoms with Crippen molar-refractivity contribution in [2.24, 2.45) is 0 Å². The number of hydrogen-bond donors (Lipinski definition) is 4. The Morgan fingerprint density at radius 1 is 1.41 bits per heavy atom. The standard InChI is InChI=1S/C12H17N3O2/c1-7-9-4-3-8(5-10(9)15-14-7)12(17)11(16)6-13-2/h3-5,11-13,16-17H,6H2,1-2H3,(H,14,15). The van der Waals surface area contributed by atoms with Gasteiger partial charge in [-0.25, -0.2) is 0 Å². The van der Waals surface area contributed by atoms with E-state index in [1.807, 2.05) is 19.1 Å². The first-order valence-electron chi connectivity index (χ1n) is 5.59. The molecule has 2 unspecified atom stereocenters. The lowest BCUT2D eigenvalue weighted by molar-refractivity contribution is 0.0203. The van der Waals surface area contributed by atoms with Crippen molar-refractivity contribution in [1.29, 1.82) is 0 Å². The molecule has 0 radical (unpaired) electrons. The van der Waals surface area contributed by atoms with Crippen LogP contribution in [-0.2, 0) is 0 Å². The SMILES string of the molecule is CNCC(O)C(O)c1ccc2c(C)[nH]nc2c1. The number of fused-ring (bicyclic) bond motifs is 1. The third-order valence-electron chi connectivity index (χ3n) is 2.89. The van der Waals surface area contributed by atoms with Gasteiger partial charge in [0.05, 0.1) is 11.6 Å². The predicted octanol–water partition coefficient (Wildman–Crippen LogP) is 0.485. The highest BCUT2D eigenvalue weighted by Gasteiger charge is 2.18. The summed E-state index contributed by atoms with van der Waals surface area (Å²) in [5, 5.41) is 30.5. The number of aromatic amines is 1. The first-order chi connectivity index (χ1) is 8.13. The Bertz CT molecular complexity index is 509. The molecule has 1 aromatic carbocycles. The smallest absolute Gasteiger partial charge is 0.106 e. The van der Waals surface area contributed by atoms with E-state index in [4.69, 9.17) is 0 Å². The van der Waals surface area contributed by atoms with Crippen LogP contribution in [0, 0.1) is 6.92 Å². The predicted molar refractivity (Wildman–Crippen MR) is 65.7 cm³/mol. The molecule has 5 heteroatoms. The van der Waals surface area contributed by atoms with Gasteiger partial charge >= 0.3 is 0 Å². The lowest BCUT2D eigenvalue weighted by Gasteiger charge is -2.17. The van der Waals surface area contributed by atoms with Crippen LogP contribution >= 0.6 is 0 Å². The highest BCUT2D eigenvalue weighted by atomic mass is 16.3. The van der Waals surface area contributed by atoms with E-state index in [-0.39, 0.29) is 0 Å². The van der Waals surface area contributed by atoms with Gasteiger partial charge in [0.25, 0.3) is 0 Å². The average Bonchev–Trinajstić information content (AvgIpc) is 2.70. The van der Waals surface area contributed by atoms with Crippen molar-refractivity contribution in [2.75, 3.05) is 13.6 Å². The summed E-state index contributed by atoms with van der Waals surface area (Å²) >= 11 is 0. The van der Waals surface area contributed by atoms with Gasteiger partial charge in [-0.1, -0.05) is 12.1 Å². The van der Waals surface area contributed by atoms with Crippen molar-refractivity contribution in [3.05, 3.63) is 29.5 Å². The number of nitrogens with one attached hydrogen (secondary N) is 2. The molecule has 1 heterocycles. The van der Waals surface area contributed by atoms with Crippen LogP contribution in [0.25, 0.3) is 10.9 Å². The number of aryl methyl sites for hydroxylation is 1. The van der Waals surface area contributed by atoms with E-state index >= 15 is 0 Å². The molecule has 0 saturated heterocycles. The molecule has 2 atom stereocenters. The van der Waals surface area contributed by atoms with Gasteiger partial charge in [0.15, 0.2) is 0 Å². The molecule has 0 fully saturated rings. The van der Waals surface area contributed by atoms with Gasteiger partial charge in [-0.2, -0.15) is 5.10 Å². The van der Waals surface area contributed by atoms with Crippen LogP contribution < -0.4 is 5.32 Å². The maximum Gasteiger partial charge on any atom is 0.106 e. The summed E-state index contributed by atoms with van der Waals surface area (Å²) in [7, 11) is 1.73. The van der Waals surface area contributed by atoms with Gasteiger partial charge in [0.2, 0.25) is 0 Å². The number of aliphatic hydroxyl groups excluding tert-OH is 2. The minimum absolute atomic E-state index is 0.346. The fourth-order valence-corrected chi connectivity index (χ4v) is 1.89. The molecule has 0 aliphatic heterocycles. The van der Waals surface area contributed by atoms with Crippen molar-refractivity contribution < 1.29 is 10.2 Å². The molecule has 5 nitrogen and oxygen atoms in total. The van der Waals surface area contributed by atoms with Crippen LogP contribution in [0.3, 0.4) is 0 Å². The molecule has 1 aromatic heterocycles. The van der Waals surface area contributed by atoms with Crippen molar-refractivity contribution in [3.8, 4) is 0 Å². The van der Waals surface area contributed by atoms with Crippen LogP contribution in [0.2, 0.25) is 0 Å². The summed E-state index contributed by atoms with van der Waals surface area (Å²) in [6.45, 7) is 2.29. The normalized spacial score (nSPS) is 15.1. The highest BCUT2D eigenvalue weighted by Crippen LogP contribution is 2.22. The zero-order valence-electron chi connectivity index (χ0n) is 9.94. The molecule has 17 heavy (non-hydrogen) atoms. The summed E-state index contributed by atoms with van der Waals surface area (Å²) in [5.74, 6) is 0. The van der Waals surface area contributed by atoms with Crippen molar-refractivity contribution in [1.82, 2.24) is 15.5 Å². The summed E-state index contributed by atoms with van der Waals surface area (Å²) in [4.78, 5) is 0. The van der Waals surface area contributed by atoms with E-state index in [1.165, 1.54) is 0 Å². The highest BCUT2D eigenvalue weighted by molar-refractivity contribution is 5.81. The maximum atomic E-state index is 9.96. The second-order valence-corrected chi connectivity index (χ2v) is 4.20. The summed E-state index contributed by atoms with van der Waals surface area (Å²) in [6, 6.07) is 5.51. The summed E-state index contributed by atoms with van der Waals surface area (Å²) < 4.78 is 0. The van der Waals surface area contributed by atoms with Crippen LogP contribution in [0.5, 0.6) is 0 Å². The lowest BCUT2D eigenvalue weighted by Crippen LogP contribution is -2.29. The zero-order chi connectivity index (χ0) is 12.4. The Hall–Kier alpha value is -1.43. The molecular formula is C12H17N3O2. The van der Waals surface area contributed by atoms with Crippen LogP contribution in [0.15, 0.2) is 18.2 Å². The monoisotopic (exact) mass is 235 g/mol. The topological polar surface area (TPSA) is 81.2 Å². The second-order valence-electron chi connectivity index (χ2n) is 4.20. The summed E-state index contributed by atoms with van der Waals surface area (Å²) in [5.41, 5.74) is 2.47. The first kappa shape index (κ1) is 12.0. The molecular weight excluding hydrogens is 218 g/mol. The molecule has 4 N–H and O–H groups in total. The fourth-order valence-electron chi connectivity index (χ4n) is 1.89. The van der Waals surface area contributed by atoms with E-state index in [0.29, 0.717) is 12.1 Å². The Morgan fingerprint density at radius 3 is 2.88 bits per heavy atom. The number of aliphatic hydroxyl groups is 2. The Labute approximate surface area is 99.5 Å².